The van der Waals surface area contributed by atoms with Gasteiger partial charge in [0.2, 0.25) is 5.24 Å². The summed E-state index contributed by atoms with van der Waals surface area (Å²) < 4.78 is 0. The lowest BCUT2D eigenvalue weighted by Crippen LogP contribution is -1.84. The van der Waals surface area contributed by atoms with E-state index < -0.39 is 0 Å². The first-order valence-corrected chi connectivity index (χ1v) is 4.61. The fourth-order valence-corrected chi connectivity index (χ4v) is 0.946. The predicted octanol–water partition coefficient (Wildman–Crippen LogP) is 3.44. The normalized spacial score (nSPS) is 11.5. The van der Waals surface area contributed by atoms with Crippen LogP contribution in [0.1, 0.15) is 32.6 Å². The second-order valence-electron chi connectivity index (χ2n) is 2.55. The van der Waals surface area contributed by atoms with Gasteiger partial charge < -0.3 is 0 Å². The lowest BCUT2D eigenvalue weighted by molar-refractivity contribution is -0.111. The lowest BCUT2D eigenvalue weighted by Gasteiger charge is -1.91. The SMILES string of the molecule is CC=CC=CCCCCC(=O)Cl. The maximum atomic E-state index is 10.3. The average Bonchev–Trinajstić information content (AvgIpc) is 2.02. The highest BCUT2D eigenvalue weighted by Crippen LogP contribution is 2.02. The number of allylic oxidation sites excluding steroid dienone is 4. The number of halogens is 1. The van der Waals surface area contributed by atoms with Gasteiger partial charge in [-0.1, -0.05) is 24.3 Å². The van der Waals surface area contributed by atoms with Crippen molar-refractivity contribution >= 4 is 16.8 Å². The molecule has 0 atom stereocenters. The molecule has 1 nitrogen and oxygen atoms in total. The summed E-state index contributed by atoms with van der Waals surface area (Å²) in [5.41, 5.74) is 0. The number of unbranched alkanes of at least 4 members (excludes halogenated alkanes) is 2. The van der Waals surface area contributed by atoms with Gasteiger partial charge in [0.1, 0.15) is 0 Å². The van der Waals surface area contributed by atoms with Gasteiger partial charge in [-0.25, -0.2) is 0 Å². The largest absolute Gasteiger partial charge is 0.281 e. The van der Waals surface area contributed by atoms with Crippen LogP contribution >= 0.6 is 11.6 Å². The standard InChI is InChI=1S/C10H15ClO/c1-2-3-4-5-6-7-8-9-10(11)12/h2-5H,6-9H2,1H3. The fraction of sp³-hybridized carbons (Fsp3) is 0.500. The number of hydrogen-bond donors (Lipinski definition) is 0. The van der Waals surface area contributed by atoms with Crippen molar-refractivity contribution in [3.63, 3.8) is 0 Å². The fourth-order valence-electron chi connectivity index (χ4n) is 0.812. The highest BCUT2D eigenvalue weighted by molar-refractivity contribution is 6.63. The molecule has 0 amide bonds. The second-order valence-corrected chi connectivity index (χ2v) is 2.98. The molecule has 0 aliphatic heterocycles. The molecule has 0 aliphatic rings. The van der Waals surface area contributed by atoms with E-state index in [1.165, 1.54) is 0 Å². The zero-order valence-electron chi connectivity index (χ0n) is 7.42. The minimum atomic E-state index is -0.229. The van der Waals surface area contributed by atoms with Gasteiger partial charge in [0.15, 0.2) is 0 Å². The maximum Gasteiger partial charge on any atom is 0.221 e. The molecule has 12 heavy (non-hydrogen) atoms. The molecule has 0 aromatic carbocycles. The second kappa shape index (κ2) is 8.54. The van der Waals surface area contributed by atoms with Crippen molar-refractivity contribution < 1.29 is 4.79 Å². The van der Waals surface area contributed by atoms with E-state index in [-0.39, 0.29) is 5.24 Å². The summed E-state index contributed by atoms with van der Waals surface area (Å²) in [4.78, 5) is 10.3. The molecule has 0 radical (unpaired) electrons. The predicted molar refractivity (Wildman–Crippen MR) is 53.3 cm³/mol. The minimum absolute atomic E-state index is 0.229. The van der Waals surface area contributed by atoms with E-state index in [0.29, 0.717) is 6.42 Å². The zero-order chi connectivity index (χ0) is 9.23. The third-order valence-corrected chi connectivity index (χ3v) is 1.62. The van der Waals surface area contributed by atoms with Gasteiger partial charge in [0.05, 0.1) is 0 Å². The van der Waals surface area contributed by atoms with E-state index in [1.807, 2.05) is 25.2 Å². The number of hydrogen-bond acceptors (Lipinski definition) is 1. The van der Waals surface area contributed by atoms with Crippen LogP contribution in [0.25, 0.3) is 0 Å². The first-order chi connectivity index (χ1) is 5.77. The first kappa shape index (κ1) is 11.4. The molecule has 0 spiro atoms. The van der Waals surface area contributed by atoms with E-state index in [0.717, 1.165) is 19.3 Å². The Balaban J connectivity index is 3.15. The first-order valence-electron chi connectivity index (χ1n) is 4.23. The summed E-state index contributed by atoms with van der Waals surface area (Å²) in [6.07, 6.45) is 11.5. The number of carbonyl (C=O) groups excluding carboxylic acids is 1. The van der Waals surface area contributed by atoms with Gasteiger partial charge in [-0.05, 0) is 37.8 Å². The quantitative estimate of drug-likeness (QED) is 0.353. The molecule has 0 N–H and O–H groups in total. The van der Waals surface area contributed by atoms with E-state index >= 15 is 0 Å². The van der Waals surface area contributed by atoms with Crippen LogP contribution in [0.4, 0.5) is 0 Å². The summed E-state index contributed by atoms with van der Waals surface area (Å²) >= 11 is 5.17. The van der Waals surface area contributed by atoms with Gasteiger partial charge >= 0.3 is 0 Å². The lowest BCUT2D eigenvalue weighted by atomic mass is 10.2. The summed E-state index contributed by atoms with van der Waals surface area (Å²) in [5, 5.41) is -0.229. The molecule has 0 aromatic rings. The van der Waals surface area contributed by atoms with Crippen molar-refractivity contribution in [2.45, 2.75) is 32.6 Å². The molecule has 0 aliphatic carbocycles. The number of carbonyl (C=O) groups is 1. The summed E-state index contributed by atoms with van der Waals surface area (Å²) in [5.74, 6) is 0. The Morgan fingerprint density at radius 2 is 2.08 bits per heavy atom. The Morgan fingerprint density at radius 1 is 1.33 bits per heavy atom. The molecule has 0 bridgehead atoms. The molecule has 0 rings (SSSR count). The third kappa shape index (κ3) is 9.44. The van der Waals surface area contributed by atoms with Gasteiger partial charge in [-0.2, -0.15) is 0 Å². The van der Waals surface area contributed by atoms with Crippen molar-refractivity contribution in [1.82, 2.24) is 0 Å². The Labute approximate surface area is 79.1 Å². The van der Waals surface area contributed by atoms with Crippen LogP contribution in [0.5, 0.6) is 0 Å². The molecule has 68 valence electrons. The molecule has 0 saturated carbocycles. The smallest absolute Gasteiger partial charge is 0.221 e. The number of rotatable bonds is 6. The zero-order valence-corrected chi connectivity index (χ0v) is 8.18. The third-order valence-electron chi connectivity index (χ3n) is 1.43. The Morgan fingerprint density at radius 3 is 2.67 bits per heavy atom. The van der Waals surface area contributed by atoms with Crippen molar-refractivity contribution in [2.24, 2.45) is 0 Å². The van der Waals surface area contributed by atoms with Crippen molar-refractivity contribution in [3.05, 3.63) is 24.3 Å². The summed E-state index contributed by atoms with van der Waals surface area (Å²) in [7, 11) is 0. The monoisotopic (exact) mass is 186 g/mol. The Hall–Kier alpha value is -0.560. The molecule has 2 heteroatoms. The van der Waals surface area contributed by atoms with E-state index in [4.69, 9.17) is 11.6 Å². The molecule has 0 fully saturated rings. The highest BCUT2D eigenvalue weighted by Gasteiger charge is 1.93. The molecule has 0 saturated heterocycles. The van der Waals surface area contributed by atoms with Gasteiger partial charge in [0, 0.05) is 6.42 Å². The van der Waals surface area contributed by atoms with Crippen LogP contribution in [-0.4, -0.2) is 5.24 Å². The van der Waals surface area contributed by atoms with Gasteiger partial charge in [-0.3, -0.25) is 4.79 Å². The molecule has 0 heterocycles. The van der Waals surface area contributed by atoms with E-state index in [2.05, 4.69) is 6.08 Å². The van der Waals surface area contributed by atoms with Crippen molar-refractivity contribution in [3.8, 4) is 0 Å². The minimum Gasteiger partial charge on any atom is -0.281 e. The van der Waals surface area contributed by atoms with E-state index in [9.17, 15) is 4.79 Å². The Bertz CT molecular complexity index is 171. The topological polar surface area (TPSA) is 17.1 Å². The molecule has 0 aromatic heterocycles. The van der Waals surface area contributed by atoms with Crippen LogP contribution in [0.15, 0.2) is 24.3 Å². The van der Waals surface area contributed by atoms with Crippen LogP contribution in [-0.2, 0) is 4.79 Å². The van der Waals surface area contributed by atoms with E-state index in [1.54, 1.807) is 0 Å². The van der Waals surface area contributed by atoms with Crippen molar-refractivity contribution in [2.75, 3.05) is 0 Å². The molecule has 0 unspecified atom stereocenters. The molecular formula is C10H15ClO. The van der Waals surface area contributed by atoms with Gasteiger partial charge in [-0.15, -0.1) is 0 Å². The maximum absolute atomic E-state index is 10.3. The highest BCUT2D eigenvalue weighted by atomic mass is 35.5. The average molecular weight is 187 g/mol. The van der Waals surface area contributed by atoms with Crippen LogP contribution < -0.4 is 0 Å². The van der Waals surface area contributed by atoms with Gasteiger partial charge in [0.25, 0.3) is 0 Å². The Kier molecular flexibility index (Phi) is 8.14. The van der Waals surface area contributed by atoms with Crippen LogP contribution in [0.2, 0.25) is 0 Å². The van der Waals surface area contributed by atoms with Crippen molar-refractivity contribution in [1.29, 1.82) is 0 Å². The molecular weight excluding hydrogens is 172 g/mol. The summed E-state index contributed by atoms with van der Waals surface area (Å²) in [6.45, 7) is 1.98. The van der Waals surface area contributed by atoms with Crippen LogP contribution in [0.3, 0.4) is 0 Å². The van der Waals surface area contributed by atoms with Crippen LogP contribution in [0, 0.1) is 0 Å². The summed E-state index contributed by atoms with van der Waals surface area (Å²) in [6, 6.07) is 0.